The van der Waals surface area contributed by atoms with Gasteiger partial charge in [0.25, 0.3) is 17.4 Å². The van der Waals surface area contributed by atoms with E-state index < -0.39 is 35.0 Å². The van der Waals surface area contributed by atoms with E-state index in [1.165, 1.54) is 67.6 Å². The van der Waals surface area contributed by atoms with Crippen LogP contribution in [0.3, 0.4) is 0 Å². The lowest BCUT2D eigenvalue weighted by molar-refractivity contribution is -0.123. The van der Waals surface area contributed by atoms with E-state index in [4.69, 9.17) is 0 Å². The van der Waals surface area contributed by atoms with Crippen molar-refractivity contribution in [2.75, 3.05) is 15.5 Å². The fraction of sp³-hybridized carbons (Fsp3) is 0.121. The van der Waals surface area contributed by atoms with Gasteiger partial charge in [-0.25, -0.2) is 19.1 Å². The monoisotopic (exact) mass is 638 g/mol. The Labute approximate surface area is 267 Å². The Bertz CT molecular complexity index is 2020. The molecule has 0 saturated carbocycles. The summed E-state index contributed by atoms with van der Waals surface area (Å²) in [5.41, 5.74) is -1.07. The van der Waals surface area contributed by atoms with Gasteiger partial charge in [-0.3, -0.25) is 34.3 Å². The Morgan fingerprint density at radius 1 is 0.957 bits per heavy atom. The Morgan fingerprint density at radius 3 is 2.30 bits per heavy atom. The zero-order valence-corrected chi connectivity index (χ0v) is 25.3. The molecule has 0 aliphatic carbocycles. The lowest BCUT2D eigenvalue weighted by atomic mass is 10.1. The minimum absolute atomic E-state index is 0.112. The van der Waals surface area contributed by atoms with Crippen molar-refractivity contribution < 1.29 is 29.1 Å². The normalized spacial score (nSPS) is 14.3. The summed E-state index contributed by atoms with van der Waals surface area (Å²) in [5.74, 6) is -3.17. The van der Waals surface area contributed by atoms with Crippen LogP contribution >= 0.6 is 0 Å². The third kappa shape index (κ3) is 7.94. The van der Waals surface area contributed by atoms with Gasteiger partial charge in [0.1, 0.15) is 11.1 Å². The molecule has 4 rings (SSSR count). The van der Waals surface area contributed by atoms with Crippen LogP contribution in [0.1, 0.15) is 32.3 Å². The van der Waals surface area contributed by atoms with Gasteiger partial charge in [-0.05, 0) is 61.9 Å². The first-order chi connectivity index (χ1) is 22.4. The molecule has 5 N–H and O–H groups in total. The highest BCUT2D eigenvalue weighted by atomic mass is 16.3. The van der Waals surface area contributed by atoms with Gasteiger partial charge in [-0.2, -0.15) is 0 Å². The van der Waals surface area contributed by atoms with Gasteiger partial charge in [0.2, 0.25) is 17.7 Å². The predicted molar refractivity (Wildman–Crippen MR) is 175 cm³/mol. The Kier molecular flexibility index (Phi) is 10.3. The van der Waals surface area contributed by atoms with Gasteiger partial charge in [0.05, 0.1) is 11.4 Å². The van der Waals surface area contributed by atoms with Crippen LogP contribution in [0.2, 0.25) is 0 Å². The topological polar surface area (TPSA) is 200 Å². The van der Waals surface area contributed by atoms with Crippen LogP contribution in [0.4, 0.5) is 21.9 Å². The van der Waals surface area contributed by atoms with E-state index in [2.05, 4.69) is 27.5 Å². The summed E-state index contributed by atoms with van der Waals surface area (Å²) < 4.78 is 0.782. The number of carbonyl (C=O) groups excluding carboxylic acids is 5. The molecule has 2 aromatic carbocycles. The van der Waals surface area contributed by atoms with Gasteiger partial charge in [-0.15, -0.1) is 6.58 Å². The highest BCUT2D eigenvalue weighted by molar-refractivity contribution is 6.37. The molecule has 2 heterocycles. The third-order valence-electron chi connectivity index (χ3n) is 6.63. The number of hydrogen-bond donors (Lipinski definition) is 5. The average Bonchev–Trinajstić information content (AvgIpc) is 2.99. The number of amides is 6. The second-order valence-electron chi connectivity index (χ2n) is 10.2. The lowest BCUT2D eigenvalue weighted by Crippen LogP contribution is -2.54. The molecule has 1 aliphatic heterocycles. The number of aromatic nitrogens is 2. The van der Waals surface area contributed by atoms with Gasteiger partial charge >= 0.3 is 11.7 Å². The Balaban J connectivity index is 1.60. The third-order valence-corrected chi connectivity index (χ3v) is 6.63. The van der Waals surface area contributed by atoms with Crippen molar-refractivity contribution in [3.05, 3.63) is 117 Å². The van der Waals surface area contributed by atoms with E-state index in [0.29, 0.717) is 23.4 Å². The van der Waals surface area contributed by atoms with Gasteiger partial charge < -0.3 is 15.7 Å². The molecule has 1 saturated heterocycles. The molecule has 0 unspecified atom stereocenters. The van der Waals surface area contributed by atoms with E-state index >= 15 is 0 Å². The minimum Gasteiger partial charge on any atom is -0.494 e. The fourth-order valence-corrected chi connectivity index (χ4v) is 4.43. The summed E-state index contributed by atoms with van der Waals surface area (Å²) in [6.45, 7) is 6.46. The zero-order valence-electron chi connectivity index (χ0n) is 25.3. The van der Waals surface area contributed by atoms with Gasteiger partial charge in [0.15, 0.2) is 0 Å². The average molecular weight is 639 g/mol. The number of nitrogens with one attached hydrogen (secondary N) is 4. The molecule has 14 heteroatoms. The Morgan fingerprint density at radius 2 is 1.62 bits per heavy atom. The van der Waals surface area contributed by atoms with Gasteiger partial charge in [-0.1, -0.05) is 35.9 Å². The molecule has 6 amide bonds. The number of H-pyrrole nitrogens is 1. The fourth-order valence-electron chi connectivity index (χ4n) is 4.43. The molecule has 0 radical (unpaired) electrons. The minimum atomic E-state index is -0.972. The molecular formula is C33H30N6O8. The van der Waals surface area contributed by atoms with Crippen molar-refractivity contribution in [2.45, 2.75) is 26.7 Å². The highest BCUT2D eigenvalue weighted by Crippen LogP contribution is 2.24. The summed E-state index contributed by atoms with van der Waals surface area (Å²) in [7, 11) is 0. The van der Waals surface area contributed by atoms with E-state index in [1.807, 2.05) is 0 Å². The summed E-state index contributed by atoms with van der Waals surface area (Å²) in [5, 5.41) is 17.7. The molecular weight excluding hydrogens is 608 g/mol. The molecule has 3 aromatic rings. The number of aromatic hydroxyl groups is 1. The molecule has 1 fully saturated rings. The van der Waals surface area contributed by atoms with Gasteiger partial charge in [0, 0.05) is 24.7 Å². The molecule has 14 nitrogen and oxygen atoms in total. The summed E-state index contributed by atoms with van der Waals surface area (Å²) in [6.07, 6.45) is 7.48. The number of carbonyl (C=O) groups is 5. The van der Waals surface area contributed by atoms with E-state index in [9.17, 15) is 38.7 Å². The maximum atomic E-state index is 13.3. The molecule has 0 spiro atoms. The largest absolute Gasteiger partial charge is 0.494 e. The van der Waals surface area contributed by atoms with Crippen LogP contribution < -0.4 is 32.1 Å². The van der Waals surface area contributed by atoms with Crippen LogP contribution in [0.5, 0.6) is 5.88 Å². The molecule has 0 bridgehead atoms. The van der Waals surface area contributed by atoms with E-state index in [-0.39, 0.29) is 40.7 Å². The summed E-state index contributed by atoms with van der Waals surface area (Å²) >= 11 is 0. The summed E-state index contributed by atoms with van der Waals surface area (Å²) in [4.78, 5) is 90.8. The molecule has 1 aromatic heterocycles. The van der Waals surface area contributed by atoms with Crippen molar-refractivity contribution in [1.29, 1.82) is 0 Å². The van der Waals surface area contributed by atoms with Crippen molar-refractivity contribution in [2.24, 2.45) is 0 Å². The number of hydrogen-bond acceptors (Lipinski definition) is 8. The van der Waals surface area contributed by atoms with Crippen LogP contribution in [0.15, 0.2) is 100 Å². The Hall–Kier alpha value is -6.57. The number of rotatable bonds is 10. The van der Waals surface area contributed by atoms with Crippen LogP contribution in [-0.4, -0.2) is 44.3 Å². The first-order valence-corrected chi connectivity index (χ1v) is 14.1. The number of benzene rings is 2. The highest BCUT2D eigenvalue weighted by Gasteiger charge is 2.36. The standard InChI is InChI=1S/C33H30N6O8/c1-4-5-12-27(41)35-22-9-7-11-24(18-22)39-31(45)26(29(43)37-33(39)47)16-14-19(2)13-15-25-28(42)36-32(46)38(30(25)44)23-10-6-8-21(17-23)34-20(3)40/h4,6-11,13-18,42H,1,5,12H2,2-3H3,(H,34,40)(H,35,41)(H,36,46)(H,37,43,47). The number of barbiturate groups is 1. The van der Waals surface area contributed by atoms with Crippen LogP contribution in [0, 0.1) is 0 Å². The SMILES string of the molecule is C=CCCC(=O)Nc1cccc(N2C(=O)NC(=O)C(=CC=C(C)C=Cc3c(O)[nH]c(=O)n(-c4cccc(NC(C)=O)c4)c3=O)C2=O)c1. The molecule has 240 valence electrons. The summed E-state index contributed by atoms with van der Waals surface area (Å²) in [6, 6.07) is 11.0. The number of allylic oxidation sites excluding steroid dienone is 5. The number of anilines is 3. The predicted octanol–water partition coefficient (Wildman–Crippen LogP) is 3.26. The smallest absolute Gasteiger partial charge is 0.335 e. The molecule has 0 atom stereocenters. The first kappa shape index (κ1) is 33.3. The molecule has 1 aliphatic rings. The van der Waals surface area contributed by atoms with Crippen molar-refractivity contribution in [1.82, 2.24) is 14.9 Å². The van der Waals surface area contributed by atoms with Crippen LogP contribution in [0.25, 0.3) is 11.8 Å². The van der Waals surface area contributed by atoms with Crippen molar-refractivity contribution in [3.63, 3.8) is 0 Å². The molecule has 47 heavy (non-hydrogen) atoms. The van der Waals surface area contributed by atoms with Crippen molar-refractivity contribution >= 4 is 52.8 Å². The second-order valence-corrected chi connectivity index (χ2v) is 10.2. The van der Waals surface area contributed by atoms with E-state index in [0.717, 1.165) is 9.47 Å². The van der Waals surface area contributed by atoms with Crippen molar-refractivity contribution in [3.8, 4) is 11.6 Å². The number of imide groups is 2. The van der Waals surface area contributed by atoms with E-state index in [1.54, 1.807) is 25.1 Å². The second kappa shape index (κ2) is 14.5. The van der Waals surface area contributed by atoms with Crippen LogP contribution in [-0.2, 0) is 19.2 Å². The number of aromatic amines is 1. The quantitative estimate of drug-likeness (QED) is 0.0964. The number of urea groups is 1. The maximum Gasteiger partial charge on any atom is 0.335 e. The maximum absolute atomic E-state index is 13.3. The first-order valence-electron chi connectivity index (χ1n) is 14.1. The zero-order chi connectivity index (χ0) is 34.2. The number of nitrogens with zero attached hydrogens (tertiary/aromatic N) is 2. The lowest BCUT2D eigenvalue weighted by Gasteiger charge is -2.26.